The van der Waals surface area contributed by atoms with Crippen molar-refractivity contribution in [1.29, 1.82) is 0 Å². The quantitative estimate of drug-likeness (QED) is 0.722. The Morgan fingerprint density at radius 3 is 2.45 bits per heavy atom. The number of thiophene rings is 1. The third-order valence-corrected chi connectivity index (χ3v) is 4.75. The average molecular weight is 312 g/mol. The minimum absolute atomic E-state index is 0.814. The Balaban J connectivity index is 1.52. The molecule has 0 aliphatic carbocycles. The largest absolute Gasteiger partial charge is 0.352 e. The van der Waals surface area contributed by atoms with E-state index in [9.17, 15) is 0 Å². The van der Waals surface area contributed by atoms with Crippen molar-refractivity contribution >= 4 is 33.3 Å². The molecule has 0 aromatic carbocycles. The van der Waals surface area contributed by atoms with E-state index in [0.717, 1.165) is 49.0 Å². The lowest BCUT2D eigenvalue weighted by Crippen LogP contribution is -2.47. The molecule has 0 unspecified atom stereocenters. The molecule has 1 fully saturated rings. The van der Waals surface area contributed by atoms with Gasteiger partial charge in [-0.05, 0) is 23.9 Å². The van der Waals surface area contributed by atoms with E-state index in [1.807, 2.05) is 25.4 Å². The lowest BCUT2D eigenvalue weighted by Gasteiger charge is -2.35. The minimum Gasteiger partial charge on any atom is -0.352 e. The highest BCUT2D eigenvalue weighted by atomic mass is 32.1. The van der Waals surface area contributed by atoms with Gasteiger partial charge in [0.2, 0.25) is 5.95 Å². The first-order chi connectivity index (χ1) is 10.8. The summed E-state index contributed by atoms with van der Waals surface area (Å²) in [7, 11) is 0. The maximum absolute atomic E-state index is 4.49. The third kappa shape index (κ3) is 2.37. The van der Waals surface area contributed by atoms with Crippen LogP contribution in [0.5, 0.6) is 0 Å². The molecule has 3 aromatic heterocycles. The number of anilines is 2. The van der Waals surface area contributed by atoms with Crippen LogP contribution < -0.4 is 9.80 Å². The Labute approximate surface area is 132 Å². The van der Waals surface area contributed by atoms with E-state index in [1.54, 1.807) is 17.7 Å². The van der Waals surface area contributed by atoms with Gasteiger partial charge in [-0.1, -0.05) is 0 Å². The number of rotatable bonds is 2. The van der Waals surface area contributed by atoms with Gasteiger partial charge in [0.05, 0.1) is 10.2 Å². The highest BCUT2D eigenvalue weighted by Crippen LogP contribution is 2.28. The molecule has 0 atom stereocenters. The van der Waals surface area contributed by atoms with E-state index >= 15 is 0 Å². The normalized spacial score (nSPS) is 15.5. The van der Waals surface area contributed by atoms with E-state index in [2.05, 4.69) is 35.1 Å². The fraction of sp³-hybridized carbons (Fsp3) is 0.333. The predicted octanol–water partition coefficient (Wildman–Crippen LogP) is 2.12. The molecule has 0 spiro atoms. The molecule has 0 saturated carbocycles. The van der Waals surface area contributed by atoms with Crippen LogP contribution in [0, 0.1) is 6.92 Å². The molecule has 3 aromatic rings. The molecule has 4 rings (SSSR count). The summed E-state index contributed by atoms with van der Waals surface area (Å²) in [6, 6.07) is 2.04. The molecule has 4 heterocycles. The van der Waals surface area contributed by atoms with E-state index in [1.165, 1.54) is 4.70 Å². The molecule has 22 heavy (non-hydrogen) atoms. The van der Waals surface area contributed by atoms with Crippen molar-refractivity contribution in [2.24, 2.45) is 0 Å². The number of hydrogen-bond acceptors (Lipinski definition) is 7. The maximum atomic E-state index is 4.49. The van der Waals surface area contributed by atoms with Gasteiger partial charge in [-0.25, -0.2) is 19.9 Å². The van der Waals surface area contributed by atoms with Crippen LogP contribution in [0.1, 0.15) is 5.56 Å². The summed E-state index contributed by atoms with van der Waals surface area (Å²) in [5.41, 5.74) is 2.11. The summed E-state index contributed by atoms with van der Waals surface area (Å²) in [5, 5.41) is 2.07. The Kier molecular flexibility index (Phi) is 3.34. The van der Waals surface area contributed by atoms with Crippen molar-refractivity contribution in [1.82, 2.24) is 19.9 Å². The molecule has 1 aliphatic rings. The van der Waals surface area contributed by atoms with Crippen molar-refractivity contribution in [2.45, 2.75) is 6.92 Å². The molecule has 1 aliphatic heterocycles. The molecule has 1 saturated heterocycles. The Hall–Kier alpha value is -2.28. The second-order valence-corrected chi connectivity index (χ2v) is 6.28. The first-order valence-electron chi connectivity index (χ1n) is 7.28. The highest BCUT2D eigenvalue weighted by molar-refractivity contribution is 7.17. The summed E-state index contributed by atoms with van der Waals surface area (Å²) >= 11 is 1.70. The minimum atomic E-state index is 0.814. The van der Waals surface area contributed by atoms with Crippen molar-refractivity contribution in [3.05, 3.63) is 35.7 Å². The van der Waals surface area contributed by atoms with Crippen LogP contribution >= 0.6 is 11.3 Å². The van der Waals surface area contributed by atoms with Crippen LogP contribution in [0.25, 0.3) is 10.2 Å². The molecule has 0 bridgehead atoms. The van der Waals surface area contributed by atoms with Gasteiger partial charge in [0.25, 0.3) is 0 Å². The Morgan fingerprint density at radius 1 is 0.955 bits per heavy atom. The van der Waals surface area contributed by atoms with Gasteiger partial charge in [-0.15, -0.1) is 11.3 Å². The monoisotopic (exact) mass is 312 g/mol. The molecular weight excluding hydrogens is 296 g/mol. The summed E-state index contributed by atoms with van der Waals surface area (Å²) in [4.78, 5) is 22.2. The van der Waals surface area contributed by atoms with Crippen LogP contribution in [0.4, 0.5) is 11.8 Å². The number of aromatic nitrogens is 4. The van der Waals surface area contributed by atoms with E-state index in [4.69, 9.17) is 0 Å². The Bertz CT molecular complexity index is 776. The molecule has 0 N–H and O–H groups in total. The zero-order valence-electron chi connectivity index (χ0n) is 12.3. The number of fused-ring (bicyclic) bond motifs is 1. The van der Waals surface area contributed by atoms with E-state index in [0.29, 0.717) is 0 Å². The SMILES string of the molecule is Cc1cnc(N2CCN(c3ncnc4ccsc34)CC2)nc1. The summed E-state index contributed by atoms with van der Waals surface area (Å²) in [5.74, 6) is 1.86. The second-order valence-electron chi connectivity index (χ2n) is 5.37. The zero-order chi connectivity index (χ0) is 14.9. The van der Waals surface area contributed by atoms with Crippen molar-refractivity contribution in [3.8, 4) is 0 Å². The van der Waals surface area contributed by atoms with Crippen molar-refractivity contribution in [2.75, 3.05) is 36.0 Å². The van der Waals surface area contributed by atoms with Gasteiger partial charge in [0.1, 0.15) is 12.1 Å². The third-order valence-electron chi connectivity index (χ3n) is 3.85. The lowest BCUT2D eigenvalue weighted by atomic mass is 10.3. The lowest BCUT2D eigenvalue weighted by molar-refractivity contribution is 0.636. The smallest absolute Gasteiger partial charge is 0.225 e. The second kappa shape index (κ2) is 5.49. The van der Waals surface area contributed by atoms with Crippen LogP contribution in [0.3, 0.4) is 0 Å². The van der Waals surface area contributed by atoms with Gasteiger partial charge >= 0.3 is 0 Å². The van der Waals surface area contributed by atoms with Gasteiger partial charge in [0, 0.05) is 38.6 Å². The van der Waals surface area contributed by atoms with Crippen LogP contribution in [0.15, 0.2) is 30.2 Å². The van der Waals surface area contributed by atoms with Gasteiger partial charge < -0.3 is 9.80 Å². The molecule has 6 nitrogen and oxygen atoms in total. The van der Waals surface area contributed by atoms with Crippen LogP contribution in [-0.2, 0) is 0 Å². The summed E-state index contributed by atoms with van der Waals surface area (Å²) in [6.45, 7) is 5.64. The first-order valence-corrected chi connectivity index (χ1v) is 8.16. The van der Waals surface area contributed by atoms with E-state index < -0.39 is 0 Å². The Morgan fingerprint density at radius 2 is 1.68 bits per heavy atom. The number of aryl methyl sites for hydroxylation is 1. The topological polar surface area (TPSA) is 58.0 Å². The van der Waals surface area contributed by atoms with E-state index in [-0.39, 0.29) is 0 Å². The average Bonchev–Trinajstić information content (AvgIpc) is 3.04. The number of hydrogen-bond donors (Lipinski definition) is 0. The predicted molar refractivity (Wildman–Crippen MR) is 88.6 cm³/mol. The van der Waals surface area contributed by atoms with Gasteiger partial charge in [-0.3, -0.25) is 0 Å². The molecule has 112 valence electrons. The van der Waals surface area contributed by atoms with Crippen LogP contribution in [-0.4, -0.2) is 46.1 Å². The molecular formula is C15H16N6S. The fourth-order valence-corrected chi connectivity index (χ4v) is 3.53. The molecule has 0 amide bonds. The first kappa shape index (κ1) is 13.4. The summed E-state index contributed by atoms with van der Waals surface area (Å²) < 4.78 is 1.17. The number of nitrogens with zero attached hydrogens (tertiary/aromatic N) is 6. The van der Waals surface area contributed by atoms with Crippen molar-refractivity contribution in [3.63, 3.8) is 0 Å². The fourth-order valence-electron chi connectivity index (χ4n) is 2.67. The summed E-state index contributed by atoms with van der Waals surface area (Å²) in [6.07, 6.45) is 5.39. The zero-order valence-corrected chi connectivity index (χ0v) is 13.1. The van der Waals surface area contributed by atoms with Gasteiger partial charge in [0.15, 0.2) is 0 Å². The number of piperazine rings is 1. The molecule has 7 heteroatoms. The maximum Gasteiger partial charge on any atom is 0.225 e. The standard InChI is InChI=1S/C15H16N6S/c1-11-8-16-15(17-9-11)21-5-3-20(4-6-21)14-13-12(2-7-22-13)18-10-19-14/h2,7-10H,3-6H2,1H3. The van der Waals surface area contributed by atoms with Gasteiger partial charge in [-0.2, -0.15) is 0 Å². The van der Waals surface area contributed by atoms with Crippen molar-refractivity contribution < 1.29 is 0 Å². The molecule has 0 radical (unpaired) electrons. The van der Waals surface area contributed by atoms with Crippen LogP contribution in [0.2, 0.25) is 0 Å². The highest BCUT2D eigenvalue weighted by Gasteiger charge is 2.21.